The molecule has 5 heteroatoms. The Kier molecular flexibility index (Phi) is 5.14. The second-order valence-corrected chi connectivity index (χ2v) is 6.84. The maximum atomic E-state index is 12.4. The van der Waals surface area contributed by atoms with E-state index in [9.17, 15) is 4.79 Å². The van der Waals surface area contributed by atoms with E-state index in [-0.39, 0.29) is 5.91 Å². The third-order valence-electron chi connectivity index (χ3n) is 4.00. The van der Waals surface area contributed by atoms with Crippen LogP contribution in [0.3, 0.4) is 0 Å². The molecule has 0 aliphatic rings. The molecule has 0 fully saturated rings. The Morgan fingerprint density at radius 1 is 1.12 bits per heavy atom. The molecule has 4 nitrogen and oxygen atoms in total. The number of thiazole rings is 1. The van der Waals surface area contributed by atoms with Gasteiger partial charge in [0, 0.05) is 22.3 Å². The molecular formula is C20H20N2O2S. The van der Waals surface area contributed by atoms with Gasteiger partial charge >= 0.3 is 0 Å². The number of nitrogens with one attached hydrogen (secondary N) is 1. The molecule has 0 aliphatic carbocycles. The molecule has 0 radical (unpaired) electrons. The minimum atomic E-state index is -0.129. The monoisotopic (exact) mass is 352 g/mol. The molecule has 0 saturated carbocycles. The molecule has 0 bridgehead atoms. The van der Waals surface area contributed by atoms with Crippen molar-refractivity contribution < 1.29 is 9.53 Å². The molecule has 1 N–H and O–H groups in total. The lowest BCUT2D eigenvalue weighted by atomic mass is 10.1. The van der Waals surface area contributed by atoms with Gasteiger partial charge in [-0.25, -0.2) is 4.98 Å². The summed E-state index contributed by atoms with van der Waals surface area (Å²) in [5, 5.41) is 5.90. The summed E-state index contributed by atoms with van der Waals surface area (Å²) in [6, 6.07) is 13.0. The quantitative estimate of drug-likeness (QED) is 0.710. The van der Waals surface area contributed by atoms with E-state index in [1.165, 1.54) is 0 Å². The van der Waals surface area contributed by atoms with Crippen LogP contribution in [-0.2, 0) is 6.61 Å². The lowest BCUT2D eigenvalue weighted by Gasteiger charge is -2.11. The number of ether oxygens (including phenoxy) is 1. The van der Waals surface area contributed by atoms with Gasteiger partial charge in [-0.1, -0.05) is 12.1 Å². The molecular weight excluding hydrogens is 332 g/mol. The van der Waals surface area contributed by atoms with E-state index < -0.39 is 0 Å². The number of aromatic nitrogens is 1. The van der Waals surface area contributed by atoms with Crippen LogP contribution in [-0.4, -0.2) is 10.9 Å². The Hall–Kier alpha value is -2.66. The number of nitrogens with zero attached hydrogens (tertiary/aromatic N) is 1. The van der Waals surface area contributed by atoms with Gasteiger partial charge in [-0.15, -0.1) is 11.3 Å². The molecule has 0 spiro atoms. The first-order valence-corrected chi connectivity index (χ1v) is 8.92. The highest BCUT2D eigenvalue weighted by molar-refractivity contribution is 7.09. The zero-order valence-electron chi connectivity index (χ0n) is 14.5. The normalized spacial score (nSPS) is 10.5. The fourth-order valence-electron chi connectivity index (χ4n) is 2.40. The maximum Gasteiger partial charge on any atom is 0.255 e. The second-order valence-electron chi connectivity index (χ2n) is 5.90. The summed E-state index contributed by atoms with van der Waals surface area (Å²) in [6.45, 7) is 6.43. The van der Waals surface area contributed by atoms with Crippen molar-refractivity contribution in [2.75, 3.05) is 5.32 Å². The third-order valence-corrected chi connectivity index (χ3v) is 4.94. The van der Waals surface area contributed by atoms with E-state index in [0.29, 0.717) is 12.2 Å². The number of hydrogen-bond donors (Lipinski definition) is 1. The van der Waals surface area contributed by atoms with Crippen LogP contribution in [0.5, 0.6) is 5.75 Å². The van der Waals surface area contributed by atoms with Gasteiger partial charge in [0.25, 0.3) is 5.91 Å². The zero-order valence-corrected chi connectivity index (χ0v) is 15.3. The molecule has 3 aromatic rings. The van der Waals surface area contributed by atoms with Gasteiger partial charge in [0.05, 0.1) is 0 Å². The van der Waals surface area contributed by atoms with Gasteiger partial charge in [0.15, 0.2) is 0 Å². The third kappa shape index (κ3) is 4.25. The topological polar surface area (TPSA) is 51.2 Å². The summed E-state index contributed by atoms with van der Waals surface area (Å²) in [5.74, 6) is 0.590. The van der Waals surface area contributed by atoms with E-state index in [2.05, 4.69) is 10.3 Å². The highest BCUT2D eigenvalue weighted by atomic mass is 32.1. The van der Waals surface area contributed by atoms with Crippen molar-refractivity contribution >= 4 is 22.9 Å². The first-order valence-electron chi connectivity index (χ1n) is 8.04. The number of anilines is 1. The van der Waals surface area contributed by atoms with Crippen molar-refractivity contribution in [1.29, 1.82) is 0 Å². The standard InChI is InChI=1S/C20H20N2O2S/c1-13-5-4-6-18(15(13)3)22-20(23)16-7-9-17(10-8-16)24-11-19-21-14(2)12-25-19/h4-10,12H,11H2,1-3H3,(H,22,23). The molecule has 0 unspecified atom stereocenters. The van der Waals surface area contributed by atoms with E-state index in [1.54, 1.807) is 35.6 Å². The summed E-state index contributed by atoms with van der Waals surface area (Å²) in [4.78, 5) is 16.8. The van der Waals surface area contributed by atoms with Gasteiger partial charge in [-0.3, -0.25) is 4.79 Å². The van der Waals surface area contributed by atoms with E-state index in [4.69, 9.17) is 4.74 Å². The number of amides is 1. The number of carbonyl (C=O) groups is 1. The molecule has 25 heavy (non-hydrogen) atoms. The first kappa shape index (κ1) is 17.2. The van der Waals surface area contributed by atoms with Gasteiger partial charge < -0.3 is 10.1 Å². The van der Waals surface area contributed by atoms with Crippen molar-refractivity contribution in [3.8, 4) is 5.75 Å². The molecule has 2 aromatic carbocycles. The lowest BCUT2D eigenvalue weighted by molar-refractivity contribution is 0.102. The van der Waals surface area contributed by atoms with Crippen LogP contribution in [0.15, 0.2) is 47.8 Å². The van der Waals surface area contributed by atoms with Crippen LogP contribution in [0.1, 0.15) is 32.2 Å². The van der Waals surface area contributed by atoms with Crippen molar-refractivity contribution in [3.05, 3.63) is 75.2 Å². The molecule has 3 rings (SSSR count). The number of rotatable bonds is 5. The Bertz CT molecular complexity index is 885. The fourth-order valence-corrected chi connectivity index (χ4v) is 3.08. The lowest BCUT2D eigenvalue weighted by Crippen LogP contribution is -2.13. The summed E-state index contributed by atoms with van der Waals surface area (Å²) >= 11 is 1.58. The number of aryl methyl sites for hydroxylation is 2. The number of hydrogen-bond acceptors (Lipinski definition) is 4. The maximum absolute atomic E-state index is 12.4. The average molecular weight is 352 g/mol. The number of benzene rings is 2. The Morgan fingerprint density at radius 3 is 2.56 bits per heavy atom. The largest absolute Gasteiger partial charge is 0.486 e. The van der Waals surface area contributed by atoms with Crippen molar-refractivity contribution in [2.24, 2.45) is 0 Å². The Morgan fingerprint density at radius 2 is 1.88 bits per heavy atom. The predicted octanol–water partition coefficient (Wildman–Crippen LogP) is 4.90. The van der Waals surface area contributed by atoms with E-state index in [1.807, 2.05) is 44.4 Å². The van der Waals surface area contributed by atoms with Crippen LogP contribution in [0.2, 0.25) is 0 Å². The highest BCUT2D eigenvalue weighted by Crippen LogP contribution is 2.20. The van der Waals surface area contributed by atoms with Gasteiger partial charge in [-0.05, 0) is 62.2 Å². The predicted molar refractivity (Wildman–Crippen MR) is 101 cm³/mol. The van der Waals surface area contributed by atoms with Crippen molar-refractivity contribution in [1.82, 2.24) is 4.98 Å². The molecule has 128 valence electrons. The van der Waals surface area contributed by atoms with Crippen LogP contribution < -0.4 is 10.1 Å². The first-order chi connectivity index (χ1) is 12.0. The van der Waals surface area contributed by atoms with Gasteiger partial charge in [-0.2, -0.15) is 0 Å². The molecule has 1 amide bonds. The molecule has 1 heterocycles. The van der Waals surface area contributed by atoms with Crippen LogP contribution >= 0.6 is 11.3 Å². The fraction of sp³-hybridized carbons (Fsp3) is 0.200. The number of carbonyl (C=O) groups excluding carboxylic acids is 1. The second kappa shape index (κ2) is 7.49. The van der Waals surface area contributed by atoms with Crippen LogP contribution in [0, 0.1) is 20.8 Å². The van der Waals surface area contributed by atoms with Crippen molar-refractivity contribution in [3.63, 3.8) is 0 Å². The molecule has 0 saturated heterocycles. The van der Waals surface area contributed by atoms with Crippen molar-refractivity contribution in [2.45, 2.75) is 27.4 Å². The zero-order chi connectivity index (χ0) is 17.8. The molecule has 0 aliphatic heterocycles. The average Bonchev–Trinajstić information content (AvgIpc) is 3.03. The Labute approximate surface area is 151 Å². The minimum absolute atomic E-state index is 0.129. The van der Waals surface area contributed by atoms with E-state index in [0.717, 1.165) is 33.3 Å². The van der Waals surface area contributed by atoms with Gasteiger partial charge in [0.1, 0.15) is 17.4 Å². The van der Waals surface area contributed by atoms with Crippen LogP contribution in [0.25, 0.3) is 0 Å². The minimum Gasteiger partial charge on any atom is -0.486 e. The molecule has 0 atom stereocenters. The summed E-state index contributed by atoms with van der Waals surface area (Å²) < 4.78 is 5.71. The Balaban J connectivity index is 1.63. The van der Waals surface area contributed by atoms with Crippen LogP contribution in [0.4, 0.5) is 5.69 Å². The smallest absolute Gasteiger partial charge is 0.255 e. The van der Waals surface area contributed by atoms with E-state index >= 15 is 0 Å². The summed E-state index contributed by atoms with van der Waals surface area (Å²) in [5.41, 5.74) is 4.67. The highest BCUT2D eigenvalue weighted by Gasteiger charge is 2.09. The van der Waals surface area contributed by atoms with Gasteiger partial charge in [0.2, 0.25) is 0 Å². The summed E-state index contributed by atoms with van der Waals surface area (Å²) in [6.07, 6.45) is 0. The summed E-state index contributed by atoms with van der Waals surface area (Å²) in [7, 11) is 0. The SMILES string of the molecule is Cc1csc(COc2ccc(C(=O)Nc3cccc(C)c3C)cc2)n1. The molecule has 1 aromatic heterocycles.